The van der Waals surface area contributed by atoms with Crippen LogP contribution >= 0.6 is 11.3 Å². The van der Waals surface area contributed by atoms with Crippen LogP contribution in [-0.4, -0.2) is 32.2 Å². The molecule has 0 radical (unpaired) electrons. The van der Waals surface area contributed by atoms with Crippen molar-refractivity contribution in [3.63, 3.8) is 0 Å². The van der Waals surface area contributed by atoms with E-state index in [4.69, 9.17) is 18.6 Å². The van der Waals surface area contributed by atoms with Gasteiger partial charge in [0.25, 0.3) is 5.91 Å². The van der Waals surface area contributed by atoms with Crippen LogP contribution in [0.15, 0.2) is 40.3 Å². The van der Waals surface area contributed by atoms with E-state index in [0.29, 0.717) is 34.4 Å². The molecule has 0 aliphatic carbocycles. The summed E-state index contributed by atoms with van der Waals surface area (Å²) < 4.78 is 21.2. The molecule has 7 nitrogen and oxygen atoms in total. The third-order valence-corrected chi connectivity index (χ3v) is 4.50. The van der Waals surface area contributed by atoms with Crippen LogP contribution in [0.2, 0.25) is 0 Å². The molecule has 0 saturated carbocycles. The monoisotopic (exact) mass is 374 g/mol. The van der Waals surface area contributed by atoms with Crippen LogP contribution in [0.5, 0.6) is 17.2 Å². The standard InChI is InChI=1S/C18H18N2O5S/c1-22-13-7-11(8-14(23-2)16(13)24-3)17(21)19-9-12-10-25-18(20-12)15-5-4-6-26-15/h4-8,10H,9H2,1-3H3,(H,19,21). The third kappa shape index (κ3) is 3.65. The summed E-state index contributed by atoms with van der Waals surface area (Å²) in [6, 6.07) is 7.04. The fourth-order valence-electron chi connectivity index (χ4n) is 2.39. The van der Waals surface area contributed by atoms with Crippen LogP contribution in [0.25, 0.3) is 10.8 Å². The van der Waals surface area contributed by atoms with E-state index in [9.17, 15) is 4.79 Å². The zero-order valence-corrected chi connectivity index (χ0v) is 15.4. The fraction of sp³-hybridized carbons (Fsp3) is 0.222. The molecule has 1 N–H and O–H groups in total. The molecule has 0 spiro atoms. The summed E-state index contributed by atoms with van der Waals surface area (Å²) >= 11 is 1.54. The van der Waals surface area contributed by atoms with Crippen LogP contribution in [0.3, 0.4) is 0 Å². The SMILES string of the molecule is COc1cc(C(=O)NCc2coc(-c3cccs3)n2)cc(OC)c1OC. The molecule has 3 rings (SSSR count). The van der Waals surface area contributed by atoms with E-state index < -0.39 is 0 Å². The zero-order chi connectivity index (χ0) is 18.5. The van der Waals surface area contributed by atoms with Gasteiger partial charge in [0.15, 0.2) is 11.5 Å². The van der Waals surface area contributed by atoms with Gasteiger partial charge in [-0.2, -0.15) is 0 Å². The maximum absolute atomic E-state index is 12.5. The summed E-state index contributed by atoms with van der Waals surface area (Å²) in [6.45, 7) is 0.240. The minimum Gasteiger partial charge on any atom is -0.493 e. The Balaban J connectivity index is 1.72. The van der Waals surface area contributed by atoms with E-state index in [1.165, 1.54) is 38.9 Å². The first kappa shape index (κ1) is 17.8. The molecule has 0 saturated heterocycles. The summed E-state index contributed by atoms with van der Waals surface area (Å²) in [5, 5.41) is 4.75. The molecule has 3 aromatic rings. The normalized spacial score (nSPS) is 10.4. The van der Waals surface area contributed by atoms with Crippen LogP contribution < -0.4 is 19.5 Å². The largest absolute Gasteiger partial charge is 0.493 e. The third-order valence-electron chi connectivity index (χ3n) is 3.64. The van der Waals surface area contributed by atoms with E-state index in [-0.39, 0.29) is 12.5 Å². The molecular formula is C18H18N2O5S. The number of ether oxygens (including phenoxy) is 3. The lowest BCUT2D eigenvalue weighted by molar-refractivity contribution is 0.0949. The number of amides is 1. The summed E-state index contributed by atoms with van der Waals surface area (Å²) in [5.74, 6) is 1.52. The number of nitrogens with one attached hydrogen (secondary N) is 1. The highest BCUT2D eigenvalue weighted by Gasteiger charge is 2.17. The Morgan fingerprint density at radius 1 is 1.19 bits per heavy atom. The summed E-state index contributed by atoms with van der Waals surface area (Å²) in [5.41, 5.74) is 1.02. The van der Waals surface area contributed by atoms with Crippen molar-refractivity contribution in [2.75, 3.05) is 21.3 Å². The summed E-state index contributed by atoms with van der Waals surface area (Å²) in [6.07, 6.45) is 1.53. The molecule has 0 atom stereocenters. The minimum absolute atomic E-state index is 0.240. The number of carbonyl (C=O) groups excluding carboxylic acids is 1. The number of thiophene rings is 1. The number of methoxy groups -OCH3 is 3. The molecule has 0 bridgehead atoms. The number of hydrogen-bond acceptors (Lipinski definition) is 7. The molecule has 0 fully saturated rings. The van der Waals surface area contributed by atoms with Crippen molar-refractivity contribution in [2.45, 2.75) is 6.54 Å². The highest BCUT2D eigenvalue weighted by Crippen LogP contribution is 2.38. The topological polar surface area (TPSA) is 82.8 Å². The van der Waals surface area contributed by atoms with E-state index in [1.54, 1.807) is 12.1 Å². The highest BCUT2D eigenvalue weighted by molar-refractivity contribution is 7.13. The predicted molar refractivity (Wildman–Crippen MR) is 97.1 cm³/mol. The number of rotatable bonds is 7. The molecule has 1 aromatic carbocycles. The number of oxazole rings is 1. The van der Waals surface area contributed by atoms with Crippen molar-refractivity contribution >= 4 is 17.2 Å². The quantitative estimate of drug-likeness (QED) is 0.683. The van der Waals surface area contributed by atoms with Crippen molar-refractivity contribution in [3.05, 3.63) is 47.2 Å². The van der Waals surface area contributed by atoms with Crippen molar-refractivity contribution in [2.24, 2.45) is 0 Å². The van der Waals surface area contributed by atoms with Gasteiger partial charge in [-0.3, -0.25) is 4.79 Å². The Morgan fingerprint density at radius 2 is 1.92 bits per heavy atom. The van der Waals surface area contributed by atoms with Gasteiger partial charge in [-0.25, -0.2) is 4.98 Å². The van der Waals surface area contributed by atoms with Gasteiger partial charge < -0.3 is 23.9 Å². The second kappa shape index (κ2) is 7.92. The van der Waals surface area contributed by atoms with Gasteiger partial charge >= 0.3 is 0 Å². The lowest BCUT2D eigenvalue weighted by atomic mass is 10.1. The van der Waals surface area contributed by atoms with Gasteiger partial charge in [0, 0.05) is 5.56 Å². The fourth-order valence-corrected chi connectivity index (χ4v) is 3.04. The molecule has 0 aliphatic rings. The first-order valence-corrected chi connectivity index (χ1v) is 8.60. The van der Waals surface area contributed by atoms with E-state index in [1.807, 2.05) is 17.5 Å². The molecule has 2 aromatic heterocycles. The Hall–Kier alpha value is -3.00. The molecule has 136 valence electrons. The number of carbonyl (C=O) groups is 1. The lowest BCUT2D eigenvalue weighted by Gasteiger charge is -2.13. The van der Waals surface area contributed by atoms with Crippen LogP contribution in [-0.2, 0) is 6.54 Å². The highest BCUT2D eigenvalue weighted by atomic mass is 32.1. The van der Waals surface area contributed by atoms with E-state index in [2.05, 4.69) is 10.3 Å². The summed E-state index contributed by atoms with van der Waals surface area (Å²) in [7, 11) is 4.51. The molecule has 0 aliphatic heterocycles. The average Bonchev–Trinajstić information content (AvgIpc) is 3.36. The Bertz CT molecular complexity index is 864. The van der Waals surface area contributed by atoms with Crippen molar-refractivity contribution in [3.8, 4) is 28.0 Å². The van der Waals surface area contributed by atoms with Gasteiger partial charge in [-0.05, 0) is 23.6 Å². The minimum atomic E-state index is -0.287. The first-order chi connectivity index (χ1) is 12.7. The smallest absolute Gasteiger partial charge is 0.251 e. The summed E-state index contributed by atoms with van der Waals surface area (Å²) in [4.78, 5) is 17.8. The number of benzene rings is 1. The second-order valence-corrected chi connectivity index (χ2v) is 6.17. The van der Waals surface area contributed by atoms with E-state index in [0.717, 1.165) is 4.88 Å². The lowest BCUT2D eigenvalue weighted by Crippen LogP contribution is -2.23. The predicted octanol–water partition coefficient (Wildman–Crippen LogP) is 3.36. The van der Waals surface area contributed by atoms with Gasteiger partial charge in [-0.15, -0.1) is 11.3 Å². The molecular weight excluding hydrogens is 356 g/mol. The number of nitrogens with zero attached hydrogens (tertiary/aromatic N) is 1. The maximum atomic E-state index is 12.5. The van der Waals surface area contributed by atoms with Crippen LogP contribution in [0.4, 0.5) is 0 Å². The van der Waals surface area contributed by atoms with Crippen molar-refractivity contribution in [1.82, 2.24) is 10.3 Å². The Morgan fingerprint density at radius 3 is 2.50 bits per heavy atom. The van der Waals surface area contributed by atoms with Gasteiger partial charge in [0.1, 0.15) is 6.26 Å². The number of hydrogen-bond donors (Lipinski definition) is 1. The number of aromatic nitrogens is 1. The van der Waals surface area contributed by atoms with Gasteiger partial charge in [-0.1, -0.05) is 6.07 Å². The van der Waals surface area contributed by atoms with Crippen molar-refractivity contribution in [1.29, 1.82) is 0 Å². The molecule has 8 heteroatoms. The van der Waals surface area contributed by atoms with E-state index >= 15 is 0 Å². The molecule has 2 heterocycles. The Labute approximate surface area is 154 Å². The maximum Gasteiger partial charge on any atom is 0.251 e. The Kier molecular flexibility index (Phi) is 5.43. The van der Waals surface area contributed by atoms with Gasteiger partial charge in [0.05, 0.1) is 38.4 Å². The van der Waals surface area contributed by atoms with Crippen molar-refractivity contribution < 1.29 is 23.4 Å². The average molecular weight is 374 g/mol. The molecule has 1 amide bonds. The first-order valence-electron chi connectivity index (χ1n) is 7.72. The van der Waals surface area contributed by atoms with Crippen LogP contribution in [0.1, 0.15) is 16.1 Å². The molecule has 26 heavy (non-hydrogen) atoms. The zero-order valence-electron chi connectivity index (χ0n) is 14.6. The van der Waals surface area contributed by atoms with Crippen LogP contribution in [0, 0.1) is 0 Å². The van der Waals surface area contributed by atoms with Gasteiger partial charge in [0.2, 0.25) is 11.6 Å². The molecule has 0 unspecified atom stereocenters. The second-order valence-electron chi connectivity index (χ2n) is 5.22.